The number of rotatable bonds is 10. The highest BCUT2D eigenvalue weighted by Gasteiger charge is 2.33. The second-order valence-electron chi connectivity index (χ2n) is 11.6. The maximum atomic E-state index is 14.5. The number of benzene rings is 4. The normalized spacial score (nSPS) is 14.5. The van der Waals surface area contributed by atoms with Gasteiger partial charge in [0, 0.05) is 44.4 Å². The van der Waals surface area contributed by atoms with Crippen LogP contribution < -0.4 is 4.72 Å². The first-order chi connectivity index (χ1) is 23.1. The molecule has 12 heteroatoms. The van der Waals surface area contributed by atoms with Gasteiger partial charge in [-0.3, -0.25) is 14.4 Å². The van der Waals surface area contributed by atoms with Crippen LogP contribution in [0.25, 0.3) is 22.2 Å². The van der Waals surface area contributed by atoms with Crippen molar-refractivity contribution in [2.45, 2.75) is 37.4 Å². The Labute approximate surface area is 277 Å². The number of amides is 2. The number of imidazole rings is 1. The van der Waals surface area contributed by atoms with Gasteiger partial charge in [-0.25, -0.2) is 18.1 Å². The van der Waals surface area contributed by atoms with Crippen LogP contribution in [0.1, 0.15) is 49.3 Å². The molecule has 0 saturated carbocycles. The quantitative estimate of drug-likeness (QED) is 0.211. The van der Waals surface area contributed by atoms with Crippen LogP contribution in [0.5, 0.6) is 0 Å². The van der Waals surface area contributed by atoms with Crippen LogP contribution in [0.3, 0.4) is 0 Å². The molecule has 0 bridgehead atoms. The Morgan fingerprint density at radius 3 is 2.42 bits per heavy atom. The van der Waals surface area contributed by atoms with Crippen LogP contribution in [0.15, 0.2) is 96.0 Å². The van der Waals surface area contributed by atoms with E-state index in [1.807, 2.05) is 36.4 Å². The number of ketones is 1. The first-order valence-corrected chi connectivity index (χ1v) is 16.8. The summed E-state index contributed by atoms with van der Waals surface area (Å²) < 4.78 is 35.8. The molecule has 0 radical (unpaired) electrons. The van der Waals surface area contributed by atoms with Gasteiger partial charge in [0.15, 0.2) is 5.78 Å². The molecule has 2 heterocycles. The van der Waals surface area contributed by atoms with Crippen molar-refractivity contribution in [2.75, 3.05) is 20.3 Å². The molecule has 2 amide bonds. The van der Waals surface area contributed by atoms with E-state index >= 15 is 0 Å². The lowest BCUT2D eigenvalue weighted by Gasteiger charge is -2.36. The van der Waals surface area contributed by atoms with Crippen molar-refractivity contribution in [3.63, 3.8) is 0 Å². The molecule has 0 saturated heterocycles. The summed E-state index contributed by atoms with van der Waals surface area (Å²) in [6.45, 7) is 1.92. The number of ether oxygens (including phenoxy) is 1. The van der Waals surface area contributed by atoms with Crippen molar-refractivity contribution in [3.8, 4) is 11.4 Å². The average molecular weight is 667 g/mol. The number of hydrogen-bond donors (Lipinski definition) is 2. The number of nitrogens with zero attached hydrogens (tertiary/aromatic N) is 3. The predicted molar refractivity (Wildman–Crippen MR) is 179 cm³/mol. The highest BCUT2D eigenvalue weighted by atomic mass is 32.2. The summed E-state index contributed by atoms with van der Waals surface area (Å²) in [4.78, 5) is 46.3. The monoisotopic (exact) mass is 666 g/mol. The van der Waals surface area contributed by atoms with E-state index in [1.165, 1.54) is 37.3 Å². The maximum Gasteiger partial charge on any atom is 0.265 e. The minimum Gasteiger partial charge on any atom is -0.394 e. The topological polar surface area (TPSA) is 148 Å². The Balaban J connectivity index is 1.42. The fourth-order valence-electron chi connectivity index (χ4n) is 5.94. The number of methoxy groups -OCH3 is 1. The lowest BCUT2D eigenvalue weighted by molar-refractivity contribution is 0.0545. The van der Waals surface area contributed by atoms with Gasteiger partial charge in [-0.2, -0.15) is 0 Å². The van der Waals surface area contributed by atoms with Crippen molar-refractivity contribution >= 4 is 38.4 Å². The number of Topliss-reactive ketones (excluding diaryl/α,β-unsaturated/α-hetero) is 1. The molecule has 0 fully saturated rings. The van der Waals surface area contributed by atoms with E-state index in [4.69, 9.17) is 4.74 Å². The Bertz CT molecular complexity index is 2160. The van der Waals surface area contributed by atoms with Crippen LogP contribution >= 0.6 is 0 Å². The molecule has 11 nitrogen and oxygen atoms in total. The third kappa shape index (κ3) is 6.50. The van der Waals surface area contributed by atoms with Gasteiger partial charge in [-0.15, -0.1) is 0 Å². The number of carbonyl (C=O) groups excluding carboxylic acids is 3. The Kier molecular flexibility index (Phi) is 9.22. The van der Waals surface area contributed by atoms with E-state index in [1.54, 1.807) is 41.0 Å². The third-order valence-corrected chi connectivity index (χ3v) is 9.84. The molecular weight excluding hydrogens is 632 g/mol. The fraction of sp³-hybridized carbons (Fsp3) is 0.222. The molecule has 246 valence electrons. The molecule has 0 unspecified atom stereocenters. The first-order valence-electron chi connectivity index (χ1n) is 15.4. The van der Waals surface area contributed by atoms with Crippen molar-refractivity contribution < 1.29 is 32.6 Å². The number of nitrogens with one attached hydrogen (secondary N) is 1. The van der Waals surface area contributed by atoms with Gasteiger partial charge in [0.1, 0.15) is 11.5 Å². The van der Waals surface area contributed by atoms with Crippen LogP contribution in [0.2, 0.25) is 0 Å². The number of hydrogen-bond acceptors (Lipinski definition) is 8. The highest BCUT2D eigenvalue weighted by Crippen LogP contribution is 2.31. The molecule has 0 spiro atoms. The summed E-state index contributed by atoms with van der Waals surface area (Å²) in [5, 5.41) is 11.9. The van der Waals surface area contributed by atoms with Crippen LogP contribution in [0.4, 0.5) is 0 Å². The molecular formula is C36H34N4O7S. The number of fused-ring (bicyclic) bond motifs is 2. The SMILES string of the molecule is COCCn1cc(C(C)=O)nc1-c1ccc(C(=O)NS(=O)(=O)c2ccc3ccccc3c2)cc1C(=O)N1Cc2ccccc2C[C@H]1CO. The summed E-state index contributed by atoms with van der Waals surface area (Å²) in [5.74, 6) is -1.40. The van der Waals surface area contributed by atoms with E-state index in [-0.39, 0.29) is 40.7 Å². The molecule has 48 heavy (non-hydrogen) atoms. The highest BCUT2D eigenvalue weighted by molar-refractivity contribution is 7.90. The van der Waals surface area contributed by atoms with Crippen molar-refractivity contribution in [3.05, 3.63) is 119 Å². The molecule has 2 N–H and O–H groups in total. The average Bonchev–Trinajstić information content (AvgIpc) is 3.53. The molecule has 0 aliphatic carbocycles. The predicted octanol–water partition coefficient (Wildman–Crippen LogP) is 4.23. The standard InChI is InChI=1S/C36H34N4O7S/c1-23(42)33-21-39(15-16-47-2)34(37-33)31-14-12-27(35(43)38-48(45,46)30-13-11-24-7-3-4-9-26(24)18-30)19-32(31)36(44)40-20-28-10-6-5-8-25(28)17-29(40)22-41/h3-14,18-19,21,29,41H,15-17,20,22H2,1-2H3,(H,38,43)/t29-/m0/s1. The number of sulfonamides is 1. The molecule has 1 aliphatic rings. The van der Waals surface area contributed by atoms with Gasteiger partial charge < -0.3 is 19.3 Å². The molecule has 1 aliphatic heterocycles. The molecule has 6 rings (SSSR count). The minimum absolute atomic E-state index is 0.0583. The molecule has 1 atom stereocenters. The summed E-state index contributed by atoms with van der Waals surface area (Å²) in [7, 11) is -2.74. The van der Waals surface area contributed by atoms with Gasteiger partial charge >= 0.3 is 0 Å². The molecule has 4 aromatic carbocycles. The Morgan fingerprint density at radius 2 is 1.69 bits per heavy atom. The van der Waals surface area contributed by atoms with Crippen LogP contribution in [0, 0.1) is 0 Å². The number of aliphatic hydroxyl groups is 1. The smallest absolute Gasteiger partial charge is 0.265 e. The zero-order valence-electron chi connectivity index (χ0n) is 26.4. The van der Waals surface area contributed by atoms with Gasteiger partial charge in [-0.1, -0.05) is 54.6 Å². The minimum atomic E-state index is -4.28. The van der Waals surface area contributed by atoms with Crippen molar-refractivity contribution in [1.29, 1.82) is 0 Å². The third-order valence-electron chi connectivity index (χ3n) is 8.51. The van der Waals surface area contributed by atoms with E-state index in [9.17, 15) is 27.9 Å². The van der Waals surface area contributed by atoms with Crippen LogP contribution in [-0.4, -0.2) is 71.9 Å². The number of carbonyl (C=O) groups is 3. The Morgan fingerprint density at radius 1 is 0.958 bits per heavy atom. The van der Waals surface area contributed by atoms with E-state index in [0.717, 1.165) is 16.5 Å². The summed E-state index contributed by atoms with van der Waals surface area (Å²) >= 11 is 0. The number of aromatic nitrogens is 2. The summed E-state index contributed by atoms with van der Waals surface area (Å²) in [5.41, 5.74) is 2.44. The largest absolute Gasteiger partial charge is 0.394 e. The zero-order valence-corrected chi connectivity index (χ0v) is 27.2. The number of aliphatic hydroxyl groups excluding tert-OH is 1. The maximum absolute atomic E-state index is 14.5. The summed E-state index contributed by atoms with van der Waals surface area (Å²) in [6, 6.07) is 23.2. The van der Waals surface area contributed by atoms with E-state index in [0.29, 0.717) is 36.3 Å². The van der Waals surface area contributed by atoms with Gasteiger partial charge in [0.05, 0.1) is 29.7 Å². The lowest BCUT2D eigenvalue weighted by atomic mass is 9.92. The van der Waals surface area contributed by atoms with Crippen molar-refractivity contribution in [1.82, 2.24) is 19.2 Å². The van der Waals surface area contributed by atoms with Crippen molar-refractivity contribution in [2.24, 2.45) is 0 Å². The second-order valence-corrected chi connectivity index (χ2v) is 13.3. The van der Waals surface area contributed by atoms with Gasteiger partial charge in [0.25, 0.3) is 21.8 Å². The van der Waals surface area contributed by atoms with E-state index < -0.39 is 27.9 Å². The van der Waals surface area contributed by atoms with Gasteiger partial charge in [0.2, 0.25) is 0 Å². The fourth-order valence-corrected chi connectivity index (χ4v) is 6.94. The van der Waals surface area contributed by atoms with Gasteiger partial charge in [-0.05, 0) is 58.7 Å². The Hall–Kier alpha value is -5.17. The first kappa shape index (κ1) is 32.8. The summed E-state index contributed by atoms with van der Waals surface area (Å²) in [6.07, 6.45) is 2.00. The van der Waals surface area contributed by atoms with E-state index in [2.05, 4.69) is 9.71 Å². The van der Waals surface area contributed by atoms with Crippen LogP contribution in [-0.2, 0) is 34.3 Å². The zero-order chi connectivity index (χ0) is 34.0. The molecule has 1 aromatic heterocycles. The molecule has 5 aromatic rings. The second kappa shape index (κ2) is 13.5. The lowest BCUT2D eigenvalue weighted by Crippen LogP contribution is -2.46.